The molecule has 1 aromatic carbocycles. The molecule has 0 radical (unpaired) electrons. The number of benzene rings is 1. The highest BCUT2D eigenvalue weighted by Crippen LogP contribution is 2.09. The van der Waals surface area contributed by atoms with Crippen LogP contribution in [0.1, 0.15) is 32.2 Å². The van der Waals surface area contributed by atoms with Gasteiger partial charge in [-0.1, -0.05) is 50.2 Å². The second-order valence-electron chi connectivity index (χ2n) is 7.19. The van der Waals surface area contributed by atoms with Crippen molar-refractivity contribution in [1.29, 1.82) is 0 Å². The summed E-state index contributed by atoms with van der Waals surface area (Å²) < 4.78 is 1.97. The van der Waals surface area contributed by atoms with Gasteiger partial charge in [-0.15, -0.1) is 10.2 Å². The Hall–Kier alpha value is -2.93. The quantitative estimate of drug-likeness (QED) is 0.399. The third-order valence-electron chi connectivity index (χ3n) is 5.26. The first kappa shape index (κ1) is 21.8. The molecule has 0 aliphatic rings. The number of hydrogen-bond donors (Lipinski definition) is 2. The van der Waals surface area contributed by atoms with Crippen LogP contribution in [0.3, 0.4) is 0 Å². The van der Waals surface area contributed by atoms with Crippen LogP contribution in [-0.4, -0.2) is 57.7 Å². The minimum absolute atomic E-state index is 0.389. The highest BCUT2D eigenvalue weighted by Gasteiger charge is 2.17. The lowest BCUT2D eigenvalue weighted by atomic mass is 10.0. The number of hydrogen-bond acceptors (Lipinski definition) is 4. The maximum absolute atomic E-state index is 4.75. The number of pyridine rings is 1. The molecule has 0 bridgehead atoms. The molecule has 30 heavy (non-hydrogen) atoms. The van der Waals surface area contributed by atoms with Crippen molar-refractivity contribution in [3.05, 3.63) is 66.1 Å². The molecule has 1 atom stereocenters. The van der Waals surface area contributed by atoms with Crippen LogP contribution in [0.5, 0.6) is 0 Å². The maximum Gasteiger partial charge on any atom is 0.191 e. The summed E-state index contributed by atoms with van der Waals surface area (Å²) in [5.41, 5.74) is 2.19. The number of aliphatic imine (C=N–C) groups is 1. The predicted octanol–water partition coefficient (Wildman–Crippen LogP) is 2.74. The first-order valence-electron chi connectivity index (χ1n) is 10.8. The summed E-state index contributed by atoms with van der Waals surface area (Å²) in [5.74, 6) is 1.63. The van der Waals surface area contributed by atoms with Crippen molar-refractivity contribution in [2.45, 2.75) is 39.8 Å². The Morgan fingerprint density at radius 1 is 1.00 bits per heavy atom. The number of guanidine groups is 1. The summed E-state index contributed by atoms with van der Waals surface area (Å²) in [7, 11) is 0. The van der Waals surface area contributed by atoms with Gasteiger partial charge in [0.15, 0.2) is 17.4 Å². The van der Waals surface area contributed by atoms with Crippen LogP contribution in [0.4, 0.5) is 0 Å². The van der Waals surface area contributed by atoms with Gasteiger partial charge in [-0.05, 0) is 44.1 Å². The molecule has 7 nitrogen and oxygen atoms in total. The van der Waals surface area contributed by atoms with Gasteiger partial charge >= 0.3 is 0 Å². The number of aromatic nitrogens is 3. The fourth-order valence-corrected chi connectivity index (χ4v) is 3.66. The zero-order valence-electron chi connectivity index (χ0n) is 18.3. The molecule has 0 saturated carbocycles. The van der Waals surface area contributed by atoms with E-state index in [-0.39, 0.29) is 0 Å². The van der Waals surface area contributed by atoms with Crippen molar-refractivity contribution in [2.75, 3.05) is 26.2 Å². The van der Waals surface area contributed by atoms with E-state index in [2.05, 4.69) is 76.8 Å². The van der Waals surface area contributed by atoms with Crippen LogP contribution in [0, 0.1) is 0 Å². The summed E-state index contributed by atoms with van der Waals surface area (Å²) in [6, 6.07) is 17.0. The maximum atomic E-state index is 4.75. The number of likely N-dealkylation sites (N-methyl/N-ethyl adjacent to an activating group) is 1. The molecule has 0 aliphatic carbocycles. The van der Waals surface area contributed by atoms with Gasteiger partial charge in [-0.25, -0.2) is 4.99 Å². The van der Waals surface area contributed by atoms with E-state index in [0.29, 0.717) is 12.6 Å². The molecule has 0 aliphatic heterocycles. The topological polar surface area (TPSA) is 69.8 Å². The molecule has 7 heteroatoms. The average Bonchev–Trinajstić information content (AvgIpc) is 3.20. The standard InChI is InChI=1S/C23H33N7/c1-4-24-23(26-18-22-28-27-21-14-10-11-15-30(21)22)25-17-20(29(5-2)6-3)16-19-12-8-7-9-13-19/h7-15,20H,4-6,16-18H2,1-3H3,(H2,24,25,26). The minimum Gasteiger partial charge on any atom is -0.357 e. The highest BCUT2D eigenvalue weighted by atomic mass is 15.3. The molecule has 0 fully saturated rings. The van der Waals surface area contributed by atoms with Crippen LogP contribution in [0.15, 0.2) is 59.7 Å². The summed E-state index contributed by atoms with van der Waals surface area (Å²) in [5, 5.41) is 15.4. The third kappa shape index (κ3) is 5.79. The second-order valence-corrected chi connectivity index (χ2v) is 7.19. The molecule has 2 aromatic heterocycles. The lowest BCUT2D eigenvalue weighted by Gasteiger charge is -2.30. The molecule has 160 valence electrons. The molecule has 2 N–H and O–H groups in total. The van der Waals surface area contributed by atoms with Crippen molar-refractivity contribution in [2.24, 2.45) is 4.99 Å². The van der Waals surface area contributed by atoms with E-state index in [1.807, 2.05) is 28.8 Å². The summed E-state index contributed by atoms with van der Waals surface area (Å²) in [4.78, 5) is 7.24. The van der Waals surface area contributed by atoms with Gasteiger partial charge in [0.1, 0.15) is 6.54 Å². The number of nitrogens with one attached hydrogen (secondary N) is 2. The van der Waals surface area contributed by atoms with Gasteiger partial charge < -0.3 is 10.6 Å². The minimum atomic E-state index is 0.389. The molecule has 0 spiro atoms. The van der Waals surface area contributed by atoms with Crippen LogP contribution < -0.4 is 10.6 Å². The van der Waals surface area contributed by atoms with Gasteiger partial charge in [0.05, 0.1) is 0 Å². The van der Waals surface area contributed by atoms with Crippen LogP contribution in [0.25, 0.3) is 5.65 Å². The van der Waals surface area contributed by atoms with Crippen LogP contribution in [-0.2, 0) is 13.0 Å². The molecule has 1 unspecified atom stereocenters. The SMILES string of the molecule is CCNC(=NCc1nnc2ccccn12)NCC(Cc1ccccc1)N(CC)CC. The van der Waals surface area contributed by atoms with Gasteiger partial charge in [0.25, 0.3) is 0 Å². The Labute approximate surface area is 179 Å². The Bertz CT molecular complexity index is 915. The molecular formula is C23H33N7. The Morgan fingerprint density at radius 3 is 2.50 bits per heavy atom. The van der Waals surface area contributed by atoms with Crippen molar-refractivity contribution >= 4 is 11.6 Å². The molecular weight excluding hydrogens is 374 g/mol. The molecule has 0 amide bonds. The van der Waals surface area contributed by atoms with Crippen molar-refractivity contribution < 1.29 is 0 Å². The summed E-state index contributed by atoms with van der Waals surface area (Å²) in [6.07, 6.45) is 2.97. The first-order chi connectivity index (χ1) is 14.7. The average molecular weight is 408 g/mol. The van der Waals surface area contributed by atoms with Crippen molar-refractivity contribution in [3.8, 4) is 0 Å². The van der Waals surface area contributed by atoms with E-state index in [4.69, 9.17) is 4.99 Å². The predicted molar refractivity (Wildman–Crippen MR) is 123 cm³/mol. The van der Waals surface area contributed by atoms with E-state index in [1.54, 1.807) is 0 Å². The number of rotatable bonds is 10. The fraction of sp³-hybridized carbons (Fsp3) is 0.435. The molecule has 3 aromatic rings. The largest absolute Gasteiger partial charge is 0.357 e. The number of fused-ring (bicyclic) bond motifs is 1. The van der Waals surface area contributed by atoms with Gasteiger partial charge in [-0.3, -0.25) is 9.30 Å². The molecule has 0 saturated heterocycles. The van der Waals surface area contributed by atoms with Gasteiger partial charge in [0.2, 0.25) is 0 Å². The second kappa shape index (κ2) is 11.3. The lowest BCUT2D eigenvalue weighted by Crippen LogP contribution is -2.48. The van der Waals surface area contributed by atoms with Gasteiger partial charge in [0, 0.05) is 25.3 Å². The third-order valence-corrected chi connectivity index (χ3v) is 5.26. The summed E-state index contributed by atoms with van der Waals surface area (Å²) >= 11 is 0. The van der Waals surface area contributed by atoms with Crippen molar-refractivity contribution in [3.63, 3.8) is 0 Å². The Morgan fingerprint density at radius 2 is 1.77 bits per heavy atom. The smallest absolute Gasteiger partial charge is 0.191 e. The fourth-order valence-electron chi connectivity index (χ4n) is 3.66. The van der Waals surface area contributed by atoms with E-state index < -0.39 is 0 Å². The molecule has 3 rings (SSSR count). The first-order valence-corrected chi connectivity index (χ1v) is 10.8. The zero-order chi connectivity index (χ0) is 21.2. The number of nitrogens with zero attached hydrogens (tertiary/aromatic N) is 5. The van der Waals surface area contributed by atoms with Crippen LogP contribution >= 0.6 is 0 Å². The van der Waals surface area contributed by atoms with E-state index in [0.717, 1.165) is 50.0 Å². The highest BCUT2D eigenvalue weighted by molar-refractivity contribution is 5.79. The van der Waals surface area contributed by atoms with E-state index >= 15 is 0 Å². The van der Waals surface area contributed by atoms with Gasteiger partial charge in [-0.2, -0.15) is 0 Å². The lowest BCUT2D eigenvalue weighted by molar-refractivity contribution is 0.215. The summed E-state index contributed by atoms with van der Waals surface area (Å²) in [6.45, 7) is 10.7. The van der Waals surface area contributed by atoms with E-state index in [9.17, 15) is 0 Å². The monoisotopic (exact) mass is 407 g/mol. The van der Waals surface area contributed by atoms with Crippen LogP contribution in [0.2, 0.25) is 0 Å². The zero-order valence-corrected chi connectivity index (χ0v) is 18.3. The normalized spacial score (nSPS) is 13.0. The van der Waals surface area contributed by atoms with Crippen molar-refractivity contribution in [1.82, 2.24) is 30.1 Å². The Balaban J connectivity index is 1.69. The Kier molecular flexibility index (Phi) is 8.20. The molecule has 2 heterocycles. The van der Waals surface area contributed by atoms with E-state index in [1.165, 1.54) is 5.56 Å².